The van der Waals surface area contributed by atoms with Gasteiger partial charge in [-0.3, -0.25) is 4.90 Å². The summed E-state index contributed by atoms with van der Waals surface area (Å²) in [6, 6.07) is 6.69. The van der Waals surface area contributed by atoms with Gasteiger partial charge in [0.1, 0.15) is 0 Å². The zero-order chi connectivity index (χ0) is 11.7. The van der Waals surface area contributed by atoms with E-state index >= 15 is 0 Å². The van der Waals surface area contributed by atoms with Crippen LogP contribution in [0, 0.1) is 0 Å². The van der Waals surface area contributed by atoms with E-state index in [0.29, 0.717) is 12.8 Å². The summed E-state index contributed by atoms with van der Waals surface area (Å²) in [6.45, 7) is 6.97. The van der Waals surface area contributed by atoms with E-state index in [1.54, 1.807) is 0 Å². The van der Waals surface area contributed by atoms with Crippen molar-refractivity contribution < 1.29 is 9.47 Å². The third kappa shape index (κ3) is 3.45. The first kappa shape index (κ1) is 16.4. The Morgan fingerprint density at radius 1 is 1.11 bits per heavy atom. The second kappa shape index (κ2) is 7.20. The van der Waals surface area contributed by atoms with Gasteiger partial charge in [0, 0.05) is 32.2 Å². The highest BCUT2D eigenvalue weighted by molar-refractivity contribution is 5.85. The summed E-state index contributed by atoms with van der Waals surface area (Å²) in [6.07, 6.45) is 0. The summed E-state index contributed by atoms with van der Waals surface area (Å²) in [5, 5.41) is 3.38. The third-order valence-electron chi connectivity index (χ3n) is 3.58. The molecule has 0 radical (unpaired) electrons. The number of piperazine rings is 1. The molecule has 3 rings (SSSR count). The molecule has 6 heteroatoms. The first-order chi connectivity index (χ1) is 8.34. The molecule has 0 aliphatic carbocycles. The van der Waals surface area contributed by atoms with Crippen LogP contribution in [-0.2, 0) is 0 Å². The minimum Gasteiger partial charge on any atom is -0.454 e. The molecule has 1 N–H and O–H groups in total. The Morgan fingerprint density at radius 2 is 1.79 bits per heavy atom. The highest BCUT2D eigenvalue weighted by atomic mass is 35.5. The van der Waals surface area contributed by atoms with Crippen molar-refractivity contribution in [3.8, 4) is 11.5 Å². The number of hydrogen-bond acceptors (Lipinski definition) is 4. The first-order valence-corrected chi connectivity index (χ1v) is 6.19. The normalized spacial score (nSPS) is 19.2. The van der Waals surface area contributed by atoms with Crippen LogP contribution in [0.3, 0.4) is 0 Å². The van der Waals surface area contributed by atoms with E-state index < -0.39 is 0 Å². The summed E-state index contributed by atoms with van der Waals surface area (Å²) in [4.78, 5) is 2.49. The maximum atomic E-state index is 5.42. The Kier molecular flexibility index (Phi) is 6.20. The molecular weight excluding hydrogens is 287 g/mol. The smallest absolute Gasteiger partial charge is 0.231 e. The van der Waals surface area contributed by atoms with Gasteiger partial charge < -0.3 is 14.8 Å². The zero-order valence-corrected chi connectivity index (χ0v) is 12.6. The minimum atomic E-state index is 0. The molecule has 1 saturated heterocycles. The highest BCUT2D eigenvalue weighted by Crippen LogP contribution is 2.35. The molecule has 19 heavy (non-hydrogen) atoms. The summed E-state index contributed by atoms with van der Waals surface area (Å²) in [7, 11) is 0. The van der Waals surface area contributed by atoms with Gasteiger partial charge in [0.15, 0.2) is 11.5 Å². The van der Waals surface area contributed by atoms with Crippen LogP contribution in [0.15, 0.2) is 18.2 Å². The number of benzene rings is 1. The van der Waals surface area contributed by atoms with Gasteiger partial charge in [-0.15, -0.1) is 24.8 Å². The van der Waals surface area contributed by atoms with Gasteiger partial charge in [-0.25, -0.2) is 0 Å². The number of ether oxygens (including phenoxy) is 2. The lowest BCUT2D eigenvalue weighted by Gasteiger charge is -2.33. The Morgan fingerprint density at radius 3 is 2.53 bits per heavy atom. The molecule has 1 aromatic carbocycles. The van der Waals surface area contributed by atoms with Crippen LogP contribution in [0.25, 0.3) is 0 Å². The van der Waals surface area contributed by atoms with Gasteiger partial charge in [-0.05, 0) is 24.6 Å². The number of nitrogens with one attached hydrogen (secondary N) is 1. The van der Waals surface area contributed by atoms with Crippen molar-refractivity contribution in [2.24, 2.45) is 0 Å². The fourth-order valence-electron chi connectivity index (χ4n) is 2.45. The molecule has 0 bridgehead atoms. The number of halogens is 2. The minimum absolute atomic E-state index is 0. The Balaban J connectivity index is 0.000000902. The van der Waals surface area contributed by atoms with Crippen LogP contribution >= 0.6 is 24.8 Å². The van der Waals surface area contributed by atoms with Crippen molar-refractivity contribution in [3.05, 3.63) is 23.8 Å². The number of hydrogen-bond donors (Lipinski definition) is 1. The fraction of sp³-hybridized carbons (Fsp3) is 0.538. The van der Waals surface area contributed by atoms with Gasteiger partial charge in [-0.1, -0.05) is 6.07 Å². The van der Waals surface area contributed by atoms with E-state index in [1.165, 1.54) is 5.56 Å². The van der Waals surface area contributed by atoms with Crippen LogP contribution in [0.5, 0.6) is 11.5 Å². The van der Waals surface area contributed by atoms with Crippen molar-refractivity contribution in [2.75, 3.05) is 33.0 Å². The first-order valence-electron chi connectivity index (χ1n) is 6.19. The number of nitrogens with zero attached hydrogens (tertiary/aromatic N) is 1. The van der Waals surface area contributed by atoms with E-state index in [1.807, 2.05) is 6.07 Å². The molecule has 2 aliphatic heterocycles. The molecule has 0 amide bonds. The average Bonchev–Trinajstić information content (AvgIpc) is 2.86. The van der Waals surface area contributed by atoms with E-state index in [-0.39, 0.29) is 24.8 Å². The van der Waals surface area contributed by atoms with E-state index in [4.69, 9.17) is 9.47 Å². The lowest BCUT2D eigenvalue weighted by atomic mass is 10.1. The zero-order valence-electron chi connectivity index (χ0n) is 10.9. The molecular formula is C13H20Cl2N2O2. The molecule has 0 unspecified atom stereocenters. The van der Waals surface area contributed by atoms with Crippen LogP contribution < -0.4 is 14.8 Å². The van der Waals surface area contributed by atoms with Crippen molar-refractivity contribution in [2.45, 2.75) is 13.0 Å². The quantitative estimate of drug-likeness (QED) is 0.908. The molecule has 1 fully saturated rings. The largest absolute Gasteiger partial charge is 0.454 e. The Hall–Kier alpha value is -0.680. The summed E-state index contributed by atoms with van der Waals surface area (Å²) < 4.78 is 10.8. The van der Waals surface area contributed by atoms with E-state index in [9.17, 15) is 0 Å². The van der Waals surface area contributed by atoms with Gasteiger partial charge in [0.25, 0.3) is 0 Å². The standard InChI is InChI=1S/C13H18N2O2.2ClH/c1-10(15-6-4-14-5-7-15)11-2-3-12-13(8-11)17-9-16-12;;/h2-3,8,10,14H,4-7,9H2,1H3;2*1H/t10-;;/m0../s1. The van der Waals surface area contributed by atoms with E-state index in [2.05, 4.69) is 29.3 Å². The molecule has 108 valence electrons. The molecule has 0 aromatic heterocycles. The van der Waals surface area contributed by atoms with Crippen LogP contribution in [0.1, 0.15) is 18.5 Å². The Labute approximate surface area is 126 Å². The number of rotatable bonds is 2. The van der Waals surface area contributed by atoms with Crippen LogP contribution in [0.2, 0.25) is 0 Å². The molecule has 2 aliphatic rings. The lowest BCUT2D eigenvalue weighted by Crippen LogP contribution is -2.44. The van der Waals surface area contributed by atoms with Gasteiger partial charge >= 0.3 is 0 Å². The second-order valence-corrected chi connectivity index (χ2v) is 4.57. The summed E-state index contributed by atoms with van der Waals surface area (Å²) >= 11 is 0. The van der Waals surface area contributed by atoms with Crippen molar-refractivity contribution in [3.63, 3.8) is 0 Å². The lowest BCUT2D eigenvalue weighted by molar-refractivity contribution is 0.173. The van der Waals surface area contributed by atoms with E-state index in [0.717, 1.165) is 37.7 Å². The highest BCUT2D eigenvalue weighted by Gasteiger charge is 2.20. The van der Waals surface area contributed by atoms with Gasteiger partial charge in [-0.2, -0.15) is 0 Å². The average molecular weight is 307 g/mol. The second-order valence-electron chi connectivity index (χ2n) is 4.57. The molecule has 0 spiro atoms. The third-order valence-corrected chi connectivity index (χ3v) is 3.58. The maximum absolute atomic E-state index is 5.42. The van der Waals surface area contributed by atoms with Crippen LogP contribution in [-0.4, -0.2) is 37.9 Å². The molecule has 0 saturated carbocycles. The fourth-order valence-corrected chi connectivity index (χ4v) is 2.45. The predicted molar refractivity (Wildman–Crippen MR) is 79.9 cm³/mol. The molecule has 2 heterocycles. The summed E-state index contributed by atoms with van der Waals surface area (Å²) in [5.41, 5.74) is 1.30. The molecule has 4 nitrogen and oxygen atoms in total. The van der Waals surface area contributed by atoms with Crippen molar-refractivity contribution >= 4 is 24.8 Å². The van der Waals surface area contributed by atoms with Crippen molar-refractivity contribution in [1.82, 2.24) is 10.2 Å². The van der Waals surface area contributed by atoms with Gasteiger partial charge in [0.2, 0.25) is 6.79 Å². The number of fused-ring (bicyclic) bond motifs is 1. The van der Waals surface area contributed by atoms with Crippen molar-refractivity contribution in [1.29, 1.82) is 0 Å². The summed E-state index contributed by atoms with van der Waals surface area (Å²) in [5.74, 6) is 1.74. The predicted octanol–water partition coefficient (Wildman–Crippen LogP) is 2.23. The van der Waals surface area contributed by atoms with Crippen LogP contribution in [0.4, 0.5) is 0 Å². The van der Waals surface area contributed by atoms with Gasteiger partial charge in [0.05, 0.1) is 0 Å². The topological polar surface area (TPSA) is 33.7 Å². The maximum Gasteiger partial charge on any atom is 0.231 e. The SMILES string of the molecule is C[C@@H](c1ccc2c(c1)OCO2)N1CCNCC1.Cl.Cl. The monoisotopic (exact) mass is 306 g/mol. The Bertz CT molecular complexity index is 412. The molecule has 1 atom stereocenters. The molecule has 1 aromatic rings.